The molecule has 2 heterocycles. The maximum absolute atomic E-state index is 12.4. The molecule has 0 aliphatic rings. The molecule has 2 aromatic heterocycles. The number of nitrogens with one attached hydrogen (secondary N) is 1. The Labute approximate surface area is 132 Å². The van der Waals surface area contributed by atoms with Crippen LogP contribution in [0.4, 0.5) is 0 Å². The number of H-pyrrole nitrogens is 1. The van der Waals surface area contributed by atoms with Crippen molar-refractivity contribution in [2.45, 2.75) is 25.9 Å². The number of aromatic nitrogens is 4. The number of aryl methyl sites for hydroxylation is 2. The Morgan fingerprint density at radius 1 is 1.41 bits per heavy atom. The normalized spacial score (nSPS) is 10.7. The Kier molecular flexibility index (Phi) is 5.02. The van der Waals surface area contributed by atoms with Crippen molar-refractivity contribution in [3.63, 3.8) is 0 Å². The Hall–Kier alpha value is -2.09. The van der Waals surface area contributed by atoms with Crippen LogP contribution in [0, 0.1) is 13.8 Å². The number of thioether (sulfide) groups is 1. The topological polar surface area (TPSA) is 89.9 Å². The molecule has 0 amide bonds. The van der Waals surface area contributed by atoms with E-state index in [0.29, 0.717) is 34.3 Å². The molecule has 0 atom stereocenters. The standard InChI is InChI=1S/C14H18N4O3S/c1-5-21-13(20)11-8(2)12(16-9(11)3)10(19)6-22-14-17-15-7-18(14)4/h7,16H,5-6H2,1-4H3. The van der Waals surface area contributed by atoms with Crippen LogP contribution in [0.25, 0.3) is 0 Å². The summed E-state index contributed by atoms with van der Waals surface area (Å²) in [6.45, 7) is 5.55. The first-order chi connectivity index (χ1) is 10.5. The number of rotatable bonds is 6. The molecule has 2 aromatic rings. The highest BCUT2D eigenvalue weighted by Crippen LogP contribution is 2.22. The van der Waals surface area contributed by atoms with Gasteiger partial charge in [-0.15, -0.1) is 10.2 Å². The van der Waals surface area contributed by atoms with E-state index in [2.05, 4.69) is 15.2 Å². The number of Topliss-reactive ketones (excluding diaryl/α,β-unsaturated/α-hetero) is 1. The summed E-state index contributed by atoms with van der Waals surface area (Å²) in [7, 11) is 1.82. The lowest BCUT2D eigenvalue weighted by Crippen LogP contribution is -2.08. The highest BCUT2D eigenvalue weighted by molar-refractivity contribution is 7.99. The molecule has 0 radical (unpaired) electrons. The van der Waals surface area contributed by atoms with Crippen LogP contribution in [-0.4, -0.2) is 43.9 Å². The summed E-state index contributed by atoms with van der Waals surface area (Å²) in [5, 5.41) is 8.35. The fourth-order valence-corrected chi connectivity index (χ4v) is 2.90. The molecule has 0 aliphatic heterocycles. The summed E-state index contributed by atoms with van der Waals surface area (Å²) in [6.07, 6.45) is 1.58. The minimum atomic E-state index is -0.409. The lowest BCUT2D eigenvalue weighted by atomic mass is 10.1. The number of hydrogen-bond acceptors (Lipinski definition) is 6. The first kappa shape index (κ1) is 16.3. The van der Waals surface area contributed by atoms with E-state index in [1.54, 1.807) is 31.7 Å². The lowest BCUT2D eigenvalue weighted by molar-refractivity contribution is 0.0525. The molecular weight excluding hydrogens is 304 g/mol. The molecule has 1 N–H and O–H groups in total. The molecule has 0 spiro atoms. The summed E-state index contributed by atoms with van der Waals surface area (Å²) in [5.41, 5.74) is 2.14. The Balaban J connectivity index is 2.15. The van der Waals surface area contributed by atoms with Crippen LogP contribution in [0.15, 0.2) is 11.5 Å². The van der Waals surface area contributed by atoms with E-state index in [4.69, 9.17) is 4.74 Å². The minimum Gasteiger partial charge on any atom is -0.462 e. The van der Waals surface area contributed by atoms with Gasteiger partial charge in [0.1, 0.15) is 6.33 Å². The molecule has 0 bridgehead atoms. The van der Waals surface area contributed by atoms with Crippen LogP contribution in [-0.2, 0) is 11.8 Å². The highest BCUT2D eigenvalue weighted by atomic mass is 32.2. The van der Waals surface area contributed by atoms with Crippen molar-refractivity contribution in [1.29, 1.82) is 0 Å². The molecule has 0 saturated heterocycles. The van der Waals surface area contributed by atoms with Gasteiger partial charge in [0.2, 0.25) is 0 Å². The molecular formula is C14H18N4O3S. The maximum atomic E-state index is 12.4. The van der Waals surface area contributed by atoms with E-state index in [9.17, 15) is 9.59 Å². The van der Waals surface area contributed by atoms with Crippen LogP contribution < -0.4 is 0 Å². The van der Waals surface area contributed by atoms with Crippen LogP contribution >= 0.6 is 11.8 Å². The van der Waals surface area contributed by atoms with Crippen molar-refractivity contribution in [2.24, 2.45) is 7.05 Å². The van der Waals surface area contributed by atoms with Gasteiger partial charge in [-0.1, -0.05) is 11.8 Å². The molecule has 0 aliphatic carbocycles. The maximum Gasteiger partial charge on any atom is 0.340 e. The number of carbonyl (C=O) groups excluding carboxylic acids is 2. The predicted octanol–water partition coefficient (Wildman–Crippen LogP) is 1.91. The van der Waals surface area contributed by atoms with Crippen molar-refractivity contribution in [3.8, 4) is 0 Å². The predicted molar refractivity (Wildman–Crippen MR) is 82.3 cm³/mol. The zero-order chi connectivity index (χ0) is 16.3. The van der Waals surface area contributed by atoms with Crippen LogP contribution in [0.1, 0.15) is 39.0 Å². The van der Waals surface area contributed by atoms with Crippen molar-refractivity contribution in [3.05, 3.63) is 28.8 Å². The van der Waals surface area contributed by atoms with Crippen LogP contribution in [0.2, 0.25) is 0 Å². The van der Waals surface area contributed by atoms with Crippen molar-refractivity contribution in [1.82, 2.24) is 19.7 Å². The third kappa shape index (κ3) is 3.22. The quantitative estimate of drug-likeness (QED) is 0.496. The van der Waals surface area contributed by atoms with E-state index in [0.717, 1.165) is 0 Å². The zero-order valence-electron chi connectivity index (χ0n) is 13.0. The summed E-state index contributed by atoms with van der Waals surface area (Å²) in [6, 6.07) is 0. The van der Waals surface area contributed by atoms with Gasteiger partial charge in [0, 0.05) is 12.7 Å². The van der Waals surface area contributed by atoms with Gasteiger partial charge in [0.15, 0.2) is 10.9 Å². The third-order valence-electron chi connectivity index (χ3n) is 3.20. The number of hydrogen-bond donors (Lipinski definition) is 1. The fourth-order valence-electron chi connectivity index (χ4n) is 2.14. The van der Waals surface area contributed by atoms with Crippen molar-refractivity contribution < 1.29 is 14.3 Å². The molecule has 0 fully saturated rings. The Morgan fingerprint density at radius 3 is 2.73 bits per heavy atom. The van der Waals surface area contributed by atoms with Crippen molar-refractivity contribution >= 4 is 23.5 Å². The fraction of sp³-hybridized carbons (Fsp3) is 0.429. The van der Waals surface area contributed by atoms with E-state index < -0.39 is 5.97 Å². The number of ketones is 1. The molecule has 8 heteroatoms. The third-order valence-corrected chi connectivity index (χ3v) is 4.23. The number of nitrogens with zero attached hydrogens (tertiary/aromatic N) is 3. The molecule has 2 rings (SSSR count). The monoisotopic (exact) mass is 322 g/mol. The Morgan fingerprint density at radius 2 is 2.14 bits per heavy atom. The first-order valence-corrected chi connectivity index (χ1v) is 7.80. The average molecular weight is 322 g/mol. The van der Waals surface area contributed by atoms with Crippen LogP contribution in [0.5, 0.6) is 0 Å². The van der Waals surface area contributed by atoms with Gasteiger partial charge in [-0.05, 0) is 26.3 Å². The molecule has 7 nitrogen and oxygen atoms in total. The smallest absolute Gasteiger partial charge is 0.340 e. The number of ether oxygens (including phenoxy) is 1. The highest BCUT2D eigenvalue weighted by Gasteiger charge is 2.23. The van der Waals surface area contributed by atoms with Gasteiger partial charge in [0.25, 0.3) is 0 Å². The largest absolute Gasteiger partial charge is 0.462 e. The van der Waals surface area contributed by atoms with Gasteiger partial charge < -0.3 is 14.3 Å². The summed E-state index contributed by atoms with van der Waals surface area (Å²) in [5.74, 6) is -0.284. The van der Waals surface area contributed by atoms with E-state index in [-0.39, 0.29) is 11.5 Å². The van der Waals surface area contributed by atoms with E-state index >= 15 is 0 Å². The minimum absolute atomic E-state index is 0.0934. The number of carbonyl (C=O) groups is 2. The molecule has 0 saturated carbocycles. The molecule has 0 unspecified atom stereocenters. The summed E-state index contributed by atoms with van der Waals surface area (Å²) >= 11 is 1.30. The van der Waals surface area contributed by atoms with E-state index in [1.807, 2.05) is 7.05 Å². The summed E-state index contributed by atoms with van der Waals surface area (Å²) in [4.78, 5) is 27.3. The van der Waals surface area contributed by atoms with Gasteiger partial charge in [-0.3, -0.25) is 4.79 Å². The van der Waals surface area contributed by atoms with Crippen LogP contribution in [0.3, 0.4) is 0 Å². The molecule has 118 valence electrons. The number of esters is 1. The Bertz CT molecular complexity index is 705. The van der Waals surface area contributed by atoms with Gasteiger partial charge in [-0.2, -0.15) is 0 Å². The average Bonchev–Trinajstić information content (AvgIpc) is 3.00. The summed E-state index contributed by atoms with van der Waals surface area (Å²) < 4.78 is 6.77. The van der Waals surface area contributed by atoms with Crippen molar-refractivity contribution in [2.75, 3.05) is 12.4 Å². The molecule has 0 aromatic carbocycles. The SMILES string of the molecule is CCOC(=O)c1c(C)[nH]c(C(=O)CSc2nncn2C)c1C. The zero-order valence-corrected chi connectivity index (χ0v) is 13.8. The second-order valence-electron chi connectivity index (χ2n) is 4.78. The first-order valence-electron chi connectivity index (χ1n) is 6.82. The molecule has 22 heavy (non-hydrogen) atoms. The van der Waals surface area contributed by atoms with Gasteiger partial charge in [0.05, 0.1) is 23.6 Å². The second-order valence-corrected chi connectivity index (χ2v) is 5.72. The number of aromatic amines is 1. The second kappa shape index (κ2) is 6.78. The van der Waals surface area contributed by atoms with E-state index in [1.165, 1.54) is 11.8 Å². The van der Waals surface area contributed by atoms with Gasteiger partial charge in [-0.25, -0.2) is 4.79 Å². The van der Waals surface area contributed by atoms with Gasteiger partial charge >= 0.3 is 5.97 Å². The lowest BCUT2D eigenvalue weighted by Gasteiger charge is -2.03.